The minimum absolute atomic E-state index is 0.0709. The maximum atomic E-state index is 12.7. The quantitative estimate of drug-likeness (QED) is 0.385. The van der Waals surface area contributed by atoms with Gasteiger partial charge in [0, 0.05) is 62.4 Å². The number of benzene rings is 1. The Balaban J connectivity index is 1.58. The first kappa shape index (κ1) is 23.4. The average Bonchev–Trinajstić information content (AvgIpc) is 3.35. The van der Waals surface area contributed by atoms with Crippen molar-refractivity contribution in [3.8, 4) is 0 Å². The van der Waals surface area contributed by atoms with Crippen LogP contribution in [0.3, 0.4) is 0 Å². The first-order chi connectivity index (χ1) is 16.3. The highest BCUT2D eigenvalue weighted by Crippen LogP contribution is 2.27. The van der Waals surface area contributed by atoms with Gasteiger partial charge in [-0.2, -0.15) is 0 Å². The molecule has 1 aliphatic heterocycles. The van der Waals surface area contributed by atoms with E-state index in [1.165, 1.54) is 18.4 Å². The Morgan fingerprint density at radius 3 is 2.41 bits per heavy atom. The molecule has 1 aliphatic rings. The predicted molar refractivity (Wildman–Crippen MR) is 128 cm³/mol. The van der Waals surface area contributed by atoms with E-state index in [0.717, 1.165) is 34.9 Å². The molecule has 1 fully saturated rings. The minimum atomic E-state index is -0.395. The molecule has 3 aromatic rings. The molecule has 34 heavy (non-hydrogen) atoms. The number of nitro benzene ring substituents is 1. The summed E-state index contributed by atoms with van der Waals surface area (Å²) in [5.41, 5.74) is 2.95. The Morgan fingerprint density at radius 1 is 1.12 bits per heavy atom. The summed E-state index contributed by atoms with van der Waals surface area (Å²) in [6.45, 7) is 8.71. The van der Waals surface area contributed by atoms with Crippen LogP contribution in [0.5, 0.6) is 0 Å². The second-order valence-electron chi connectivity index (χ2n) is 8.98. The predicted octanol–water partition coefficient (Wildman–Crippen LogP) is 4.04. The fraction of sp³-hybridized carbons (Fsp3) is 0.400. The van der Waals surface area contributed by atoms with Gasteiger partial charge in [-0.3, -0.25) is 14.9 Å². The van der Waals surface area contributed by atoms with Crippen molar-refractivity contribution in [2.75, 3.05) is 31.1 Å². The number of carbonyl (C=O) groups is 1. The number of nitrogens with zero attached hydrogens (tertiary/aromatic N) is 5. The monoisotopic (exact) mass is 463 g/mol. The minimum Gasteiger partial charge on any atom is -0.459 e. The maximum absolute atomic E-state index is 12.7. The van der Waals surface area contributed by atoms with Gasteiger partial charge < -0.3 is 14.2 Å². The lowest BCUT2D eigenvalue weighted by atomic mass is 10.0. The van der Waals surface area contributed by atoms with Crippen LogP contribution in [0.2, 0.25) is 0 Å². The molecule has 0 atom stereocenters. The number of rotatable bonds is 7. The van der Waals surface area contributed by atoms with Crippen LogP contribution < -0.4 is 4.90 Å². The van der Waals surface area contributed by atoms with Crippen molar-refractivity contribution in [1.82, 2.24) is 14.9 Å². The third-order valence-electron chi connectivity index (χ3n) is 5.96. The van der Waals surface area contributed by atoms with Gasteiger partial charge in [0.25, 0.3) is 11.6 Å². The number of amides is 1. The highest BCUT2D eigenvalue weighted by molar-refractivity contribution is 5.91. The lowest BCUT2D eigenvalue weighted by Crippen LogP contribution is -2.49. The van der Waals surface area contributed by atoms with Crippen molar-refractivity contribution in [1.29, 1.82) is 0 Å². The standard InChI is InChI=1S/C25H29N5O4/c1-17(2)15-23-26-18(3)21(16-19-6-8-20(9-7-19)30(32)33)24(27-23)28-10-12-29(13-11-28)25(31)22-5-4-14-34-22/h4-9,14,17H,10-13,15-16H2,1-3H3. The molecule has 1 aromatic carbocycles. The molecule has 0 bridgehead atoms. The second kappa shape index (κ2) is 10.0. The molecule has 2 aromatic heterocycles. The fourth-order valence-electron chi connectivity index (χ4n) is 4.18. The van der Waals surface area contributed by atoms with Crippen LogP contribution in [0, 0.1) is 23.0 Å². The molecular formula is C25H29N5O4. The van der Waals surface area contributed by atoms with Gasteiger partial charge in [0.05, 0.1) is 11.2 Å². The summed E-state index contributed by atoms with van der Waals surface area (Å²) >= 11 is 0. The number of piperazine rings is 1. The van der Waals surface area contributed by atoms with Gasteiger partial charge in [-0.15, -0.1) is 0 Å². The summed E-state index contributed by atoms with van der Waals surface area (Å²) in [5.74, 6) is 2.37. The normalized spacial score (nSPS) is 14.0. The Labute approximate surface area is 198 Å². The first-order valence-electron chi connectivity index (χ1n) is 11.5. The average molecular weight is 464 g/mol. The number of non-ortho nitro benzene ring substituents is 1. The van der Waals surface area contributed by atoms with Crippen molar-refractivity contribution < 1.29 is 14.1 Å². The van der Waals surface area contributed by atoms with Crippen LogP contribution in [0.15, 0.2) is 47.1 Å². The van der Waals surface area contributed by atoms with E-state index >= 15 is 0 Å². The zero-order chi connectivity index (χ0) is 24.2. The number of hydrogen-bond donors (Lipinski definition) is 0. The van der Waals surface area contributed by atoms with Crippen molar-refractivity contribution in [3.05, 3.63) is 81.2 Å². The van der Waals surface area contributed by atoms with Gasteiger partial charge in [-0.25, -0.2) is 9.97 Å². The third-order valence-corrected chi connectivity index (χ3v) is 5.96. The zero-order valence-electron chi connectivity index (χ0n) is 19.7. The molecule has 0 radical (unpaired) electrons. The molecule has 0 N–H and O–H groups in total. The molecule has 1 saturated heterocycles. The van der Waals surface area contributed by atoms with Crippen molar-refractivity contribution in [2.45, 2.75) is 33.6 Å². The topological polar surface area (TPSA) is 106 Å². The molecule has 3 heterocycles. The van der Waals surface area contributed by atoms with Gasteiger partial charge in [0.1, 0.15) is 11.6 Å². The summed E-state index contributed by atoms with van der Waals surface area (Å²) in [6, 6.07) is 10.0. The lowest BCUT2D eigenvalue weighted by molar-refractivity contribution is -0.384. The van der Waals surface area contributed by atoms with E-state index in [9.17, 15) is 14.9 Å². The van der Waals surface area contributed by atoms with E-state index in [1.807, 2.05) is 6.92 Å². The Morgan fingerprint density at radius 2 is 1.82 bits per heavy atom. The number of furan rings is 1. The van der Waals surface area contributed by atoms with Gasteiger partial charge >= 0.3 is 0 Å². The molecule has 0 unspecified atom stereocenters. The van der Waals surface area contributed by atoms with Crippen LogP contribution in [0.1, 0.15) is 47.0 Å². The molecule has 0 aliphatic carbocycles. The van der Waals surface area contributed by atoms with Crippen LogP contribution in [-0.4, -0.2) is 51.9 Å². The van der Waals surface area contributed by atoms with E-state index in [0.29, 0.717) is 44.3 Å². The van der Waals surface area contributed by atoms with E-state index in [1.54, 1.807) is 29.2 Å². The Bertz CT molecular complexity index is 1150. The number of nitro groups is 1. The molecule has 0 saturated carbocycles. The third kappa shape index (κ3) is 5.24. The highest BCUT2D eigenvalue weighted by Gasteiger charge is 2.27. The van der Waals surface area contributed by atoms with E-state index in [2.05, 4.69) is 18.7 Å². The number of aryl methyl sites for hydroxylation is 1. The van der Waals surface area contributed by atoms with Gasteiger partial charge in [-0.1, -0.05) is 26.0 Å². The smallest absolute Gasteiger partial charge is 0.289 e. The summed E-state index contributed by atoms with van der Waals surface area (Å²) in [5, 5.41) is 11.0. The summed E-state index contributed by atoms with van der Waals surface area (Å²) in [6.07, 6.45) is 2.86. The molecule has 178 valence electrons. The van der Waals surface area contributed by atoms with Crippen LogP contribution in [0.4, 0.5) is 11.5 Å². The van der Waals surface area contributed by atoms with Gasteiger partial charge in [0.15, 0.2) is 5.76 Å². The maximum Gasteiger partial charge on any atom is 0.289 e. The number of aromatic nitrogens is 2. The van der Waals surface area contributed by atoms with Crippen molar-refractivity contribution in [3.63, 3.8) is 0 Å². The lowest BCUT2D eigenvalue weighted by Gasteiger charge is -2.36. The van der Waals surface area contributed by atoms with E-state index in [4.69, 9.17) is 14.4 Å². The van der Waals surface area contributed by atoms with Crippen molar-refractivity contribution >= 4 is 17.4 Å². The van der Waals surface area contributed by atoms with Gasteiger partial charge in [-0.05, 0) is 30.5 Å². The van der Waals surface area contributed by atoms with Crippen molar-refractivity contribution in [2.24, 2.45) is 5.92 Å². The molecule has 1 amide bonds. The number of hydrogen-bond acceptors (Lipinski definition) is 7. The summed E-state index contributed by atoms with van der Waals surface area (Å²) in [4.78, 5) is 37.0. The largest absolute Gasteiger partial charge is 0.459 e. The first-order valence-corrected chi connectivity index (χ1v) is 11.5. The number of anilines is 1. The van der Waals surface area contributed by atoms with Crippen LogP contribution >= 0.6 is 0 Å². The number of carbonyl (C=O) groups excluding carboxylic acids is 1. The fourth-order valence-corrected chi connectivity index (χ4v) is 4.18. The van der Waals surface area contributed by atoms with Crippen LogP contribution in [-0.2, 0) is 12.8 Å². The molecule has 4 rings (SSSR count). The van der Waals surface area contributed by atoms with E-state index in [-0.39, 0.29) is 11.6 Å². The summed E-state index contributed by atoms with van der Waals surface area (Å²) < 4.78 is 5.27. The SMILES string of the molecule is Cc1nc(CC(C)C)nc(N2CCN(C(=O)c3ccco3)CC2)c1Cc1ccc([N+](=O)[O-])cc1. The zero-order valence-corrected chi connectivity index (χ0v) is 19.7. The van der Waals surface area contributed by atoms with Gasteiger partial charge in [0.2, 0.25) is 0 Å². The highest BCUT2D eigenvalue weighted by atomic mass is 16.6. The molecule has 9 nitrogen and oxygen atoms in total. The Kier molecular flexibility index (Phi) is 6.90. The second-order valence-corrected chi connectivity index (χ2v) is 8.98. The summed E-state index contributed by atoms with van der Waals surface area (Å²) in [7, 11) is 0. The molecule has 0 spiro atoms. The molecule has 9 heteroatoms. The molecular weight excluding hydrogens is 434 g/mol. The van der Waals surface area contributed by atoms with E-state index < -0.39 is 4.92 Å². The van der Waals surface area contributed by atoms with Crippen LogP contribution in [0.25, 0.3) is 0 Å². The Hall–Kier alpha value is -3.75.